The number of urea groups is 1. The van der Waals surface area contributed by atoms with Gasteiger partial charge in [-0.05, 0) is 26.0 Å². The summed E-state index contributed by atoms with van der Waals surface area (Å²) in [6.07, 6.45) is 0. The molecule has 6 nitrogen and oxygen atoms in total. The zero-order valence-corrected chi connectivity index (χ0v) is 12.5. The molecule has 0 radical (unpaired) electrons. The third-order valence-corrected chi connectivity index (χ3v) is 3.84. The molecule has 1 aromatic carbocycles. The van der Waals surface area contributed by atoms with E-state index in [1.807, 2.05) is 6.92 Å². The van der Waals surface area contributed by atoms with Crippen molar-refractivity contribution in [1.29, 1.82) is 0 Å². The highest BCUT2D eigenvalue weighted by Crippen LogP contribution is 2.17. The number of carboxylic acid groups (broad SMARTS) is 1. The third kappa shape index (κ3) is 3.79. The fraction of sp³-hybridized carbons (Fsp3) is 0.214. The number of amides is 2. The Hall–Kier alpha value is -2.41. The number of thiazole rings is 1. The van der Waals surface area contributed by atoms with Crippen molar-refractivity contribution in [2.75, 3.05) is 5.32 Å². The van der Waals surface area contributed by atoms with Crippen LogP contribution >= 0.6 is 11.3 Å². The van der Waals surface area contributed by atoms with E-state index in [1.165, 1.54) is 17.4 Å². The number of hydrogen-bond acceptors (Lipinski definition) is 4. The molecular formula is C14H15N3O3S. The monoisotopic (exact) mass is 305 g/mol. The summed E-state index contributed by atoms with van der Waals surface area (Å²) in [5, 5.41) is 14.4. The number of benzene rings is 1. The van der Waals surface area contributed by atoms with Gasteiger partial charge in [-0.3, -0.25) is 0 Å². The highest BCUT2D eigenvalue weighted by Gasteiger charge is 2.13. The number of nitrogens with one attached hydrogen (secondary N) is 2. The van der Waals surface area contributed by atoms with E-state index in [4.69, 9.17) is 5.11 Å². The lowest BCUT2D eigenvalue weighted by molar-refractivity contribution is 0.0698. The van der Waals surface area contributed by atoms with Crippen molar-refractivity contribution < 1.29 is 14.7 Å². The van der Waals surface area contributed by atoms with Gasteiger partial charge in [0.25, 0.3) is 0 Å². The maximum atomic E-state index is 11.8. The molecule has 2 amide bonds. The first-order valence-electron chi connectivity index (χ1n) is 6.25. The molecule has 21 heavy (non-hydrogen) atoms. The van der Waals surface area contributed by atoms with Gasteiger partial charge < -0.3 is 15.7 Å². The SMILES string of the molecule is Cc1ccc(NC(=O)NCc2scnc2C)c(C(=O)O)c1. The van der Waals surface area contributed by atoms with Crippen molar-refractivity contribution in [3.63, 3.8) is 0 Å². The molecule has 0 aliphatic rings. The number of aromatic carboxylic acids is 1. The second-order valence-corrected chi connectivity index (χ2v) is 5.46. The molecule has 0 bridgehead atoms. The van der Waals surface area contributed by atoms with Crippen LogP contribution in [0.1, 0.15) is 26.5 Å². The van der Waals surface area contributed by atoms with Crippen LogP contribution in [0.4, 0.5) is 10.5 Å². The van der Waals surface area contributed by atoms with E-state index < -0.39 is 12.0 Å². The number of anilines is 1. The maximum absolute atomic E-state index is 11.8. The van der Waals surface area contributed by atoms with Gasteiger partial charge in [0.15, 0.2) is 0 Å². The third-order valence-electron chi connectivity index (χ3n) is 2.91. The Morgan fingerprint density at radius 3 is 2.71 bits per heavy atom. The van der Waals surface area contributed by atoms with Crippen molar-refractivity contribution in [2.45, 2.75) is 20.4 Å². The minimum Gasteiger partial charge on any atom is -0.478 e. The van der Waals surface area contributed by atoms with Gasteiger partial charge in [0, 0.05) is 4.88 Å². The number of nitrogens with zero attached hydrogens (tertiary/aromatic N) is 1. The predicted molar refractivity (Wildman–Crippen MR) is 80.8 cm³/mol. The average molecular weight is 305 g/mol. The first kappa shape index (κ1) is 15.0. The molecule has 0 saturated heterocycles. The van der Waals surface area contributed by atoms with Crippen LogP contribution in [0.5, 0.6) is 0 Å². The highest BCUT2D eigenvalue weighted by atomic mass is 32.1. The van der Waals surface area contributed by atoms with E-state index in [0.717, 1.165) is 16.1 Å². The van der Waals surface area contributed by atoms with Crippen molar-refractivity contribution >= 4 is 29.0 Å². The lowest BCUT2D eigenvalue weighted by Crippen LogP contribution is -2.28. The molecule has 2 aromatic rings. The Kier molecular flexibility index (Phi) is 4.54. The van der Waals surface area contributed by atoms with Crippen molar-refractivity contribution in [2.24, 2.45) is 0 Å². The minimum absolute atomic E-state index is 0.0686. The summed E-state index contributed by atoms with van der Waals surface area (Å²) in [6.45, 7) is 4.02. The molecule has 0 atom stereocenters. The second kappa shape index (κ2) is 6.36. The zero-order chi connectivity index (χ0) is 15.4. The molecule has 0 aliphatic carbocycles. The summed E-state index contributed by atoms with van der Waals surface area (Å²) in [5.74, 6) is -1.08. The molecule has 1 aromatic heterocycles. The number of aromatic nitrogens is 1. The normalized spacial score (nSPS) is 10.2. The largest absolute Gasteiger partial charge is 0.478 e. The summed E-state index contributed by atoms with van der Waals surface area (Å²) in [5.41, 5.74) is 3.75. The number of carboxylic acids is 1. The summed E-state index contributed by atoms with van der Waals surface area (Å²) in [6, 6.07) is 4.39. The molecule has 0 aliphatic heterocycles. The van der Waals surface area contributed by atoms with E-state index in [1.54, 1.807) is 24.6 Å². The van der Waals surface area contributed by atoms with Gasteiger partial charge in [-0.25, -0.2) is 14.6 Å². The quantitative estimate of drug-likeness (QED) is 0.810. The fourth-order valence-electron chi connectivity index (χ4n) is 1.77. The van der Waals surface area contributed by atoms with E-state index in [-0.39, 0.29) is 11.3 Å². The molecular weight excluding hydrogens is 290 g/mol. The standard InChI is InChI=1S/C14H15N3O3S/c1-8-3-4-11(10(5-8)13(18)19)17-14(20)15-6-12-9(2)16-7-21-12/h3-5,7H,6H2,1-2H3,(H,18,19)(H2,15,17,20). The molecule has 7 heteroatoms. The van der Waals surface area contributed by atoms with Crippen LogP contribution in [0.2, 0.25) is 0 Å². The number of rotatable bonds is 4. The Labute approximate surface area is 125 Å². The average Bonchev–Trinajstić information content (AvgIpc) is 2.84. The van der Waals surface area contributed by atoms with E-state index in [9.17, 15) is 9.59 Å². The number of carbonyl (C=O) groups is 2. The summed E-state index contributed by atoms with van der Waals surface area (Å²) in [7, 11) is 0. The highest BCUT2D eigenvalue weighted by molar-refractivity contribution is 7.09. The number of carbonyl (C=O) groups excluding carboxylic acids is 1. The van der Waals surface area contributed by atoms with Gasteiger partial charge in [0.1, 0.15) is 0 Å². The summed E-state index contributed by atoms with van der Waals surface area (Å²) >= 11 is 1.46. The molecule has 3 N–H and O–H groups in total. The number of hydrogen-bond donors (Lipinski definition) is 3. The Morgan fingerprint density at radius 1 is 1.33 bits per heavy atom. The molecule has 2 rings (SSSR count). The first-order valence-corrected chi connectivity index (χ1v) is 7.13. The van der Waals surface area contributed by atoms with Gasteiger partial charge in [-0.15, -0.1) is 11.3 Å². The Balaban J connectivity index is 2.03. The van der Waals surface area contributed by atoms with E-state index in [0.29, 0.717) is 6.54 Å². The molecule has 0 fully saturated rings. The molecule has 110 valence electrons. The maximum Gasteiger partial charge on any atom is 0.337 e. The van der Waals surface area contributed by atoms with E-state index >= 15 is 0 Å². The molecule has 0 unspecified atom stereocenters. The fourth-order valence-corrected chi connectivity index (χ4v) is 2.48. The van der Waals surface area contributed by atoms with E-state index in [2.05, 4.69) is 15.6 Å². The zero-order valence-electron chi connectivity index (χ0n) is 11.6. The molecule has 1 heterocycles. The van der Waals surface area contributed by atoms with Crippen LogP contribution in [-0.2, 0) is 6.54 Å². The minimum atomic E-state index is -1.08. The Bertz CT molecular complexity index is 682. The van der Waals surface area contributed by atoms with Crippen LogP contribution in [0, 0.1) is 13.8 Å². The lowest BCUT2D eigenvalue weighted by Gasteiger charge is -2.10. The van der Waals surface area contributed by atoms with Crippen LogP contribution in [-0.4, -0.2) is 22.1 Å². The second-order valence-electron chi connectivity index (χ2n) is 4.52. The summed E-state index contributed by atoms with van der Waals surface area (Å²) in [4.78, 5) is 28.1. The van der Waals surface area contributed by atoms with Gasteiger partial charge in [0.2, 0.25) is 0 Å². The Morgan fingerprint density at radius 2 is 2.10 bits per heavy atom. The van der Waals surface area contributed by atoms with Gasteiger partial charge in [-0.2, -0.15) is 0 Å². The van der Waals surface area contributed by atoms with Gasteiger partial charge in [0.05, 0.1) is 29.0 Å². The van der Waals surface area contributed by atoms with Crippen molar-refractivity contribution in [3.8, 4) is 0 Å². The van der Waals surface area contributed by atoms with Gasteiger partial charge in [-0.1, -0.05) is 11.6 Å². The first-order chi connectivity index (χ1) is 9.97. The topological polar surface area (TPSA) is 91.3 Å². The van der Waals surface area contributed by atoms with Gasteiger partial charge >= 0.3 is 12.0 Å². The molecule has 0 spiro atoms. The van der Waals surface area contributed by atoms with Crippen LogP contribution in [0.15, 0.2) is 23.7 Å². The molecule has 0 saturated carbocycles. The van der Waals surface area contributed by atoms with Crippen molar-refractivity contribution in [3.05, 3.63) is 45.4 Å². The van der Waals surface area contributed by atoms with Crippen LogP contribution < -0.4 is 10.6 Å². The number of aryl methyl sites for hydroxylation is 2. The smallest absolute Gasteiger partial charge is 0.337 e. The lowest BCUT2D eigenvalue weighted by atomic mass is 10.1. The predicted octanol–water partition coefficient (Wildman–Crippen LogP) is 2.78. The van der Waals surface area contributed by atoms with Crippen LogP contribution in [0.25, 0.3) is 0 Å². The van der Waals surface area contributed by atoms with Crippen molar-refractivity contribution in [1.82, 2.24) is 10.3 Å². The summed E-state index contributed by atoms with van der Waals surface area (Å²) < 4.78 is 0. The van der Waals surface area contributed by atoms with Crippen LogP contribution in [0.3, 0.4) is 0 Å².